The largest absolute Gasteiger partial charge is 0.464 e. The Morgan fingerprint density at radius 1 is 1.67 bits per heavy atom. The highest BCUT2D eigenvalue weighted by molar-refractivity contribution is 9.10. The van der Waals surface area contributed by atoms with E-state index in [1.165, 1.54) is 5.01 Å². The molecule has 0 fully saturated rings. The fourth-order valence-electron chi connectivity index (χ4n) is 1.75. The Morgan fingerprint density at radius 2 is 2.44 bits per heavy atom. The standard InChI is InChI=1S/C12H12BrFN2O2/c1-2-18-12(17)10-6-7-15-16(10)9-5-3-4-8(13)11(9)14/h3-5,7,10H,2,6H2,1H3. The van der Waals surface area contributed by atoms with Gasteiger partial charge < -0.3 is 4.74 Å². The molecule has 2 rings (SSSR count). The lowest BCUT2D eigenvalue weighted by Gasteiger charge is -2.22. The molecule has 0 amide bonds. The molecule has 0 bridgehead atoms. The normalized spacial score (nSPS) is 18.2. The smallest absolute Gasteiger partial charge is 0.331 e. The number of hydrogen-bond donors (Lipinski definition) is 0. The second kappa shape index (κ2) is 5.48. The minimum absolute atomic E-state index is 0.260. The van der Waals surface area contributed by atoms with Gasteiger partial charge in [-0.1, -0.05) is 6.07 Å². The molecule has 1 aliphatic rings. The van der Waals surface area contributed by atoms with Crippen molar-refractivity contribution in [3.05, 3.63) is 28.5 Å². The summed E-state index contributed by atoms with van der Waals surface area (Å²) < 4.78 is 19.3. The highest BCUT2D eigenvalue weighted by Gasteiger charge is 2.32. The van der Waals surface area contributed by atoms with Gasteiger partial charge in [0.25, 0.3) is 0 Å². The van der Waals surface area contributed by atoms with Crippen molar-refractivity contribution >= 4 is 33.8 Å². The molecule has 6 heteroatoms. The number of esters is 1. The zero-order chi connectivity index (χ0) is 13.1. The molecule has 0 saturated heterocycles. The van der Waals surface area contributed by atoms with E-state index in [0.29, 0.717) is 17.5 Å². The predicted octanol–water partition coefficient (Wildman–Crippen LogP) is 2.72. The predicted molar refractivity (Wildman–Crippen MR) is 70.1 cm³/mol. The van der Waals surface area contributed by atoms with E-state index >= 15 is 0 Å². The van der Waals surface area contributed by atoms with Gasteiger partial charge in [0.15, 0.2) is 11.9 Å². The van der Waals surface area contributed by atoms with Gasteiger partial charge in [0.05, 0.1) is 16.8 Å². The van der Waals surface area contributed by atoms with Crippen LogP contribution in [0, 0.1) is 5.82 Å². The number of rotatable bonds is 3. The molecule has 1 aromatic rings. The van der Waals surface area contributed by atoms with E-state index < -0.39 is 17.8 Å². The lowest BCUT2D eigenvalue weighted by molar-refractivity contribution is -0.144. The molecule has 1 aliphatic heterocycles. The molecule has 0 aliphatic carbocycles. The van der Waals surface area contributed by atoms with Crippen LogP contribution in [-0.2, 0) is 9.53 Å². The van der Waals surface area contributed by atoms with Gasteiger partial charge in [0, 0.05) is 12.6 Å². The summed E-state index contributed by atoms with van der Waals surface area (Å²) in [5.74, 6) is -0.833. The van der Waals surface area contributed by atoms with Crippen LogP contribution in [0.15, 0.2) is 27.8 Å². The third-order valence-corrected chi connectivity index (χ3v) is 3.18. The Balaban J connectivity index is 2.28. The second-order valence-electron chi connectivity index (χ2n) is 3.72. The van der Waals surface area contributed by atoms with E-state index in [1.807, 2.05) is 0 Å². The number of carbonyl (C=O) groups excluding carboxylic acids is 1. The molecule has 0 aromatic heterocycles. The SMILES string of the molecule is CCOC(=O)C1CC=NN1c1cccc(Br)c1F. The highest BCUT2D eigenvalue weighted by Crippen LogP contribution is 2.30. The van der Waals surface area contributed by atoms with Crippen LogP contribution in [0.2, 0.25) is 0 Å². The summed E-state index contributed by atoms with van der Waals surface area (Å²) in [5.41, 5.74) is 0.260. The van der Waals surface area contributed by atoms with Gasteiger partial charge in [-0.25, -0.2) is 14.2 Å². The Hall–Kier alpha value is -1.43. The van der Waals surface area contributed by atoms with Crippen molar-refractivity contribution in [1.29, 1.82) is 0 Å². The molecular weight excluding hydrogens is 303 g/mol. The Morgan fingerprint density at radius 3 is 3.17 bits per heavy atom. The summed E-state index contributed by atoms with van der Waals surface area (Å²) in [4.78, 5) is 11.7. The fourth-order valence-corrected chi connectivity index (χ4v) is 2.10. The lowest BCUT2D eigenvalue weighted by Crippen LogP contribution is -2.36. The van der Waals surface area contributed by atoms with Gasteiger partial charge in [0.1, 0.15) is 0 Å². The number of nitrogens with zero attached hydrogens (tertiary/aromatic N) is 2. The third kappa shape index (κ3) is 2.38. The summed E-state index contributed by atoms with van der Waals surface area (Å²) in [6, 6.07) is 4.28. The van der Waals surface area contributed by atoms with Crippen molar-refractivity contribution in [2.75, 3.05) is 11.6 Å². The Bertz CT molecular complexity index is 493. The molecule has 0 radical (unpaired) electrons. The van der Waals surface area contributed by atoms with Crippen molar-refractivity contribution in [2.45, 2.75) is 19.4 Å². The van der Waals surface area contributed by atoms with Crippen LogP contribution in [0.3, 0.4) is 0 Å². The van der Waals surface area contributed by atoms with Crippen molar-refractivity contribution in [3.63, 3.8) is 0 Å². The molecule has 1 heterocycles. The van der Waals surface area contributed by atoms with E-state index in [1.54, 1.807) is 31.3 Å². The van der Waals surface area contributed by atoms with E-state index in [2.05, 4.69) is 21.0 Å². The molecule has 0 spiro atoms. The first-order chi connectivity index (χ1) is 8.65. The average molecular weight is 315 g/mol. The molecule has 1 atom stereocenters. The molecule has 4 nitrogen and oxygen atoms in total. The fraction of sp³-hybridized carbons (Fsp3) is 0.333. The second-order valence-corrected chi connectivity index (χ2v) is 4.57. The first-order valence-corrected chi connectivity index (χ1v) is 6.36. The van der Waals surface area contributed by atoms with Gasteiger partial charge in [-0.3, -0.25) is 0 Å². The summed E-state index contributed by atoms with van der Waals surface area (Å²) in [6.07, 6.45) is 2.01. The molecule has 1 aromatic carbocycles. The van der Waals surface area contributed by atoms with Crippen LogP contribution in [0.1, 0.15) is 13.3 Å². The van der Waals surface area contributed by atoms with Gasteiger partial charge in [-0.15, -0.1) is 0 Å². The van der Waals surface area contributed by atoms with Gasteiger partial charge >= 0.3 is 5.97 Å². The monoisotopic (exact) mass is 314 g/mol. The Labute approximate surface area is 113 Å². The number of ether oxygens (including phenoxy) is 1. The quantitative estimate of drug-likeness (QED) is 0.806. The summed E-state index contributed by atoms with van der Waals surface area (Å²) in [7, 11) is 0. The molecule has 1 unspecified atom stereocenters. The number of benzene rings is 1. The van der Waals surface area contributed by atoms with Crippen LogP contribution in [0.5, 0.6) is 0 Å². The number of carbonyl (C=O) groups is 1. The van der Waals surface area contributed by atoms with Crippen LogP contribution in [0.4, 0.5) is 10.1 Å². The number of halogens is 2. The number of hydrogen-bond acceptors (Lipinski definition) is 4. The first kappa shape index (κ1) is 13.0. The number of hydrazone groups is 1. The Kier molecular flexibility index (Phi) is 3.96. The van der Waals surface area contributed by atoms with Crippen LogP contribution in [-0.4, -0.2) is 24.8 Å². The van der Waals surface area contributed by atoms with Crippen molar-refractivity contribution in [1.82, 2.24) is 0 Å². The summed E-state index contributed by atoms with van der Waals surface area (Å²) in [5, 5.41) is 5.40. The van der Waals surface area contributed by atoms with Crippen LogP contribution >= 0.6 is 15.9 Å². The minimum atomic E-state index is -0.589. The molecule has 96 valence electrons. The highest BCUT2D eigenvalue weighted by atomic mass is 79.9. The number of anilines is 1. The molecular formula is C12H12BrFN2O2. The third-order valence-electron chi connectivity index (χ3n) is 2.57. The van der Waals surface area contributed by atoms with E-state index in [-0.39, 0.29) is 5.69 Å². The zero-order valence-corrected chi connectivity index (χ0v) is 11.4. The van der Waals surface area contributed by atoms with E-state index in [4.69, 9.17) is 4.74 Å². The van der Waals surface area contributed by atoms with Gasteiger partial charge in [-0.2, -0.15) is 5.10 Å². The molecule has 0 saturated carbocycles. The van der Waals surface area contributed by atoms with Crippen LogP contribution < -0.4 is 5.01 Å². The van der Waals surface area contributed by atoms with Gasteiger partial charge in [-0.05, 0) is 35.0 Å². The van der Waals surface area contributed by atoms with Crippen LogP contribution in [0.25, 0.3) is 0 Å². The molecule has 18 heavy (non-hydrogen) atoms. The average Bonchev–Trinajstić information content (AvgIpc) is 2.82. The first-order valence-electron chi connectivity index (χ1n) is 5.57. The summed E-state index contributed by atoms with van der Waals surface area (Å²) in [6.45, 7) is 2.03. The van der Waals surface area contributed by atoms with Crippen molar-refractivity contribution < 1.29 is 13.9 Å². The topological polar surface area (TPSA) is 41.9 Å². The van der Waals surface area contributed by atoms with E-state index in [0.717, 1.165) is 0 Å². The van der Waals surface area contributed by atoms with Gasteiger partial charge in [0.2, 0.25) is 0 Å². The van der Waals surface area contributed by atoms with E-state index in [9.17, 15) is 9.18 Å². The maximum Gasteiger partial charge on any atom is 0.331 e. The zero-order valence-electron chi connectivity index (χ0n) is 9.77. The van der Waals surface area contributed by atoms with Crippen molar-refractivity contribution in [2.24, 2.45) is 5.10 Å². The maximum atomic E-state index is 14.0. The van der Waals surface area contributed by atoms with Crippen molar-refractivity contribution in [3.8, 4) is 0 Å². The minimum Gasteiger partial charge on any atom is -0.464 e. The lowest BCUT2D eigenvalue weighted by atomic mass is 10.2. The molecule has 0 N–H and O–H groups in total. The summed E-state index contributed by atoms with van der Waals surface area (Å²) >= 11 is 3.11. The maximum absolute atomic E-state index is 14.0.